The standard InChI is InChI=1S/C13H21NO2/c1-11(9-14(2)3)10-16-13-8-6-5-7-12(13)15-4/h5-8,11H,9-10H2,1-4H3. The van der Waals surface area contributed by atoms with E-state index in [9.17, 15) is 0 Å². The van der Waals surface area contributed by atoms with Gasteiger partial charge in [0, 0.05) is 12.5 Å². The van der Waals surface area contributed by atoms with Gasteiger partial charge < -0.3 is 14.4 Å². The van der Waals surface area contributed by atoms with Crippen LogP contribution in [0.3, 0.4) is 0 Å². The summed E-state index contributed by atoms with van der Waals surface area (Å²) in [5, 5.41) is 0. The third-order valence-corrected chi connectivity index (χ3v) is 2.27. The fraction of sp³-hybridized carbons (Fsp3) is 0.538. The number of para-hydroxylation sites is 2. The Morgan fingerprint density at radius 3 is 2.38 bits per heavy atom. The lowest BCUT2D eigenvalue weighted by Crippen LogP contribution is -2.24. The maximum absolute atomic E-state index is 5.74. The average Bonchev–Trinajstić information content (AvgIpc) is 2.26. The zero-order chi connectivity index (χ0) is 12.0. The molecule has 0 amide bonds. The van der Waals surface area contributed by atoms with Gasteiger partial charge in [-0.05, 0) is 26.2 Å². The van der Waals surface area contributed by atoms with Crippen LogP contribution in [-0.2, 0) is 0 Å². The normalized spacial score (nSPS) is 12.6. The van der Waals surface area contributed by atoms with E-state index in [1.807, 2.05) is 24.3 Å². The van der Waals surface area contributed by atoms with E-state index in [0.29, 0.717) is 12.5 Å². The molecule has 16 heavy (non-hydrogen) atoms. The molecule has 0 N–H and O–H groups in total. The molecule has 0 radical (unpaired) electrons. The second-order valence-electron chi connectivity index (χ2n) is 4.33. The van der Waals surface area contributed by atoms with Crippen molar-refractivity contribution in [3.05, 3.63) is 24.3 Å². The molecule has 1 aromatic rings. The number of hydrogen-bond acceptors (Lipinski definition) is 3. The van der Waals surface area contributed by atoms with Crippen LogP contribution in [0.25, 0.3) is 0 Å². The summed E-state index contributed by atoms with van der Waals surface area (Å²) >= 11 is 0. The van der Waals surface area contributed by atoms with E-state index in [2.05, 4.69) is 25.9 Å². The van der Waals surface area contributed by atoms with Crippen molar-refractivity contribution in [3.8, 4) is 11.5 Å². The van der Waals surface area contributed by atoms with Gasteiger partial charge in [0.2, 0.25) is 0 Å². The Hall–Kier alpha value is -1.22. The second-order valence-corrected chi connectivity index (χ2v) is 4.33. The Morgan fingerprint density at radius 1 is 1.19 bits per heavy atom. The van der Waals surface area contributed by atoms with Crippen molar-refractivity contribution < 1.29 is 9.47 Å². The van der Waals surface area contributed by atoms with Gasteiger partial charge in [-0.2, -0.15) is 0 Å². The monoisotopic (exact) mass is 223 g/mol. The highest BCUT2D eigenvalue weighted by Crippen LogP contribution is 2.26. The predicted molar refractivity (Wildman–Crippen MR) is 66.2 cm³/mol. The lowest BCUT2D eigenvalue weighted by atomic mass is 10.2. The van der Waals surface area contributed by atoms with E-state index in [0.717, 1.165) is 18.0 Å². The average molecular weight is 223 g/mol. The Labute approximate surface area is 98.0 Å². The molecule has 90 valence electrons. The minimum Gasteiger partial charge on any atom is -0.493 e. The highest BCUT2D eigenvalue weighted by atomic mass is 16.5. The molecule has 0 aliphatic rings. The molecule has 0 saturated heterocycles. The predicted octanol–water partition coefficient (Wildman–Crippen LogP) is 2.27. The third-order valence-electron chi connectivity index (χ3n) is 2.27. The van der Waals surface area contributed by atoms with Gasteiger partial charge >= 0.3 is 0 Å². The first kappa shape index (κ1) is 12.8. The van der Waals surface area contributed by atoms with Crippen molar-refractivity contribution in [2.75, 3.05) is 34.4 Å². The topological polar surface area (TPSA) is 21.7 Å². The van der Waals surface area contributed by atoms with E-state index in [-0.39, 0.29) is 0 Å². The SMILES string of the molecule is COc1ccccc1OCC(C)CN(C)C. The Bertz CT molecular complexity index is 313. The molecule has 0 spiro atoms. The first-order valence-electron chi connectivity index (χ1n) is 5.54. The van der Waals surface area contributed by atoms with Crippen molar-refractivity contribution in [2.45, 2.75) is 6.92 Å². The third kappa shape index (κ3) is 4.11. The molecule has 0 heterocycles. The van der Waals surface area contributed by atoms with Crippen molar-refractivity contribution in [1.82, 2.24) is 4.90 Å². The van der Waals surface area contributed by atoms with Crippen molar-refractivity contribution >= 4 is 0 Å². The van der Waals surface area contributed by atoms with E-state index in [4.69, 9.17) is 9.47 Å². The van der Waals surface area contributed by atoms with Gasteiger partial charge in [0.05, 0.1) is 13.7 Å². The van der Waals surface area contributed by atoms with E-state index in [1.165, 1.54) is 0 Å². The van der Waals surface area contributed by atoms with Crippen molar-refractivity contribution in [1.29, 1.82) is 0 Å². The Balaban J connectivity index is 2.47. The van der Waals surface area contributed by atoms with Gasteiger partial charge in [0.25, 0.3) is 0 Å². The van der Waals surface area contributed by atoms with E-state index < -0.39 is 0 Å². The molecule has 1 atom stereocenters. The molecule has 3 heteroatoms. The lowest BCUT2D eigenvalue weighted by Gasteiger charge is -2.18. The van der Waals surface area contributed by atoms with Crippen LogP contribution in [0.1, 0.15) is 6.92 Å². The molecule has 0 bridgehead atoms. The highest BCUT2D eigenvalue weighted by Gasteiger charge is 2.07. The van der Waals surface area contributed by atoms with Gasteiger partial charge in [-0.15, -0.1) is 0 Å². The molecule has 1 unspecified atom stereocenters. The van der Waals surface area contributed by atoms with Crippen molar-refractivity contribution in [3.63, 3.8) is 0 Å². The number of rotatable bonds is 6. The second kappa shape index (κ2) is 6.38. The van der Waals surface area contributed by atoms with Crippen LogP contribution in [0, 0.1) is 5.92 Å². The first-order chi connectivity index (χ1) is 7.63. The van der Waals surface area contributed by atoms with Gasteiger partial charge in [0.15, 0.2) is 11.5 Å². The lowest BCUT2D eigenvalue weighted by molar-refractivity contribution is 0.215. The van der Waals surface area contributed by atoms with Crippen molar-refractivity contribution in [2.24, 2.45) is 5.92 Å². The zero-order valence-corrected chi connectivity index (χ0v) is 10.6. The van der Waals surface area contributed by atoms with Gasteiger partial charge in [-0.25, -0.2) is 0 Å². The summed E-state index contributed by atoms with van der Waals surface area (Å²) in [4.78, 5) is 2.16. The van der Waals surface area contributed by atoms with Crippen LogP contribution < -0.4 is 9.47 Å². The molecule has 0 aliphatic heterocycles. The molecule has 3 nitrogen and oxygen atoms in total. The summed E-state index contributed by atoms with van der Waals surface area (Å²) in [6.07, 6.45) is 0. The molecule has 0 fully saturated rings. The number of nitrogens with zero attached hydrogens (tertiary/aromatic N) is 1. The Kier molecular flexibility index (Phi) is 5.12. The summed E-state index contributed by atoms with van der Waals surface area (Å²) in [6.45, 7) is 3.91. The van der Waals surface area contributed by atoms with Crippen LogP contribution in [0.2, 0.25) is 0 Å². The molecule has 0 aliphatic carbocycles. The molecule has 1 rings (SSSR count). The summed E-state index contributed by atoms with van der Waals surface area (Å²) in [7, 11) is 5.80. The van der Waals surface area contributed by atoms with Gasteiger partial charge in [0.1, 0.15) is 0 Å². The number of ether oxygens (including phenoxy) is 2. The molecule has 0 saturated carbocycles. The van der Waals surface area contributed by atoms with Gasteiger partial charge in [-0.1, -0.05) is 19.1 Å². The van der Waals surface area contributed by atoms with Crippen LogP contribution in [0.4, 0.5) is 0 Å². The maximum atomic E-state index is 5.74. The van der Waals surface area contributed by atoms with E-state index >= 15 is 0 Å². The van der Waals surface area contributed by atoms with Crippen LogP contribution in [0.5, 0.6) is 11.5 Å². The minimum atomic E-state index is 0.500. The fourth-order valence-electron chi connectivity index (χ4n) is 1.65. The molecule has 1 aromatic carbocycles. The van der Waals surface area contributed by atoms with E-state index in [1.54, 1.807) is 7.11 Å². The molecular formula is C13H21NO2. The quantitative estimate of drug-likeness (QED) is 0.738. The number of benzene rings is 1. The molecule has 0 aromatic heterocycles. The summed E-state index contributed by atoms with van der Waals surface area (Å²) < 4.78 is 11.0. The zero-order valence-electron chi connectivity index (χ0n) is 10.6. The fourth-order valence-corrected chi connectivity index (χ4v) is 1.65. The summed E-state index contributed by atoms with van der Waals surface area (Å²) in [6, 6.07) is 7.73. The van der Waals surface area contributed by atoms with Crippen LogP contribution in [0.15, 0.2) is 24.3 Å². The van der Waals surface area contributed by atoms with Crippen LogP contribution >= 0.6 is 0 Å². The maximum Gasteiger partial charge on any atom is 0.161 e. The van der Waals surface area contributed by atoms with Crippen LogP contribution in [-0.4, -0.2) is 39.3 Å². The summed E-state index contributed by atoms with van der Waals surface area (Å²) in [5.74, 6) is 2.11. The number of methoxy groups -OCH3 is 1. The highest BCUT2D eigenvalue weighted by molar-refractivity contribution is 5.39. The largest absolute Gasteiger partial charge is 0.493 e. The Morgan fingerprint density at radius 2 is 1.81 bits per heavy atom. The minimum absolute atomic E-state index is 0.500. The first-order valence-corrected chi connectivity index (χ1v) is 5.54. The smallest absolute Gasteiger partial charge is 0.161 e. The number of hydrogen-bond donors (Lipinski definition) is 0. The van der Waals surface area contributed by atoms with Gasteiger partial charge in [-0.3, -0.25) is 0 Å². The summed E-state index contributed by atoms with van der Waals surface area (Å²) in [5.41, 5.74) is 0. The molecular weight excluding hydrogens is 202 g/mol.